The van der Waals surface area contributed by atoms with Crippen LogP contribution in [0, 0.1) is 29.4 Å². The van der Waals surface area contributed by atoms with Crippen molar-refractivity contribution in [3.05, 3.63) is 53.9 Å². The molecule has 11 heteroatoms. The Morgan fingerprint density at radius 2 is 1.83 bits per heavy atom. The fraction of sp³-hybridized carbons (Fsp3) is 0.417. The van der Waals surface area contributed by atoms with Gasteiger partial charge in [0, 0.05) is 44.3 Å². The fourth-order valence-electron chi connectivity index (χ4n) is 5.00. The Balaban J connectivity index is 1.19. The summed E-state index contributed by atoms with van der Waals surface area (Å²) >= 11 is 0. The molecule has 1 aromatic carbocycles. The van der Waals surface area contributed by atoms with E-state index in [1.165, 1.54) is 6.92 Å². The topological polar surface area (TPSA) is 104 Å². The van der Waals surface area contributed by atoms with Crippen LogP contribution in [0.2, 0.25) is 0 Å². The molecule has 3 amide bonds. The number of hydrogen-bond acceptors (Lipinski definition) is 6. The number of rotatable bonds is 7. The van der Waals surface area contributed by atoms with Crippen molar-refractivity contribution in [3.8, 4) is 0 Å². The molecule has 0 bridgehead atoms. The summed E-state index contributed by atoms with van der Waals surface area (Å²) in [5, 5.41) is 5.44. The maximum absolute atomic E-state index is 15.0. The quantitative estimate of drug-likeness (QED) is 0.620. The average Bonchev–Trinajstić information content (AvgIpc) is 3.13. The third kappa shape index (κ3) is 4.62. The molecule has 0 radical (unpaired) electrons. The first-order valence-corrected chi connectivity index (χ1v) is 11.5. The van der Waals surface area contributed by atoms with E-state index in [0.29, 0.717) is 19.6 Å². The van der Waals surface area contributed by atoms with Crippen molar-refractivity contribution >= 4 is 29.3 Å². The summed E-state index contributed by atoms with van der Waals surface area (Å²) in [7, 11) is 0. The summed E-state index contributed by atoms with van der Waals surface area (Å²) in [6, 6.07) is 7.71. The van der Waals surface area contributed by atoms with Gasteiger partial charge in [-0.2, -0.15) is 0 Å². The Morgan fingerprint density at radius 1 is 1.11 bits per heavy atom. The molecule has 1 saturated carbocycles. The molecule has 2 saturated heterocycles. The predicted molar refractivity (Wildman–Crippen MR) is 121 cm³/mol. The summed E-state index contributed by atoms with van der Waals surface area (Å²) in [5.74, 6) is -1.98. The minimum Gasteiger partial charge on any atom is -0.442 e. The molecule has 2 N–H and O–H groups in total. The number of hydrogen-bond donors (Lipinski definition) is 2. The van der Waals surface area contributed by atoms with Crippen LogP contribution < -0.4 is 20.4 Å². The lowest BCUT2D eigenvalue weighted by Gasteiger charge is -2.24. The molecule has 9 nitrogen and oxygen atoms in total. The van der Waals surface area contributed by atoms with Crippen LogP contribution >= 0.6 is 0 Å². The Morgan fingerprint density at radius 3 is 2.46 bits per heavy atom. The van der Waals surface area contributed by atoms with E-state index in [4.69, 9.17) is 4.74 Å². The largest absolute Gasteiger partial charge is 0.442 e. The van der Waals surface area contributed by atoms with Gasteiger partial charge in [-0.3, -0.25) is 19.5 Å². The second kappa shape index (κ2) is 9.12. The van der Waals surface area contributed by atoms with Crippen LogP contribution in [0.3, 0.4) is 0 Å². The zero-order chi connectivity index (χ0) is 24.7. The van der Waals surface area contributed by atoms with E-state index < -0.39 is 23.8 Å². The highest BCUT2D eigenvalue weighted by Gasteiger charge is 2.59. The average molecular weight is 485 g/mol. The Kier molecular flexibility index (Phi) is 6.00. The molecule has 2 aromatic rings. The number of carbonyl (C=O) groups excluding carboxylic acids is 3. The number of pyridine rings is 1. The van der Waals surface area contributed by atoms with Gasteiger partial charge >= 0.3 is 6.09 Å². The third-order valence-corrected chi connectivity index (χ3v) is 6.75. The van der Waals surface area contributed by atoms with Crippen molar-refractivity contribution < 1.29 is 27.9 Å². The molecule has 2 aliphatic heterocycles. The van der Waals surface area contributed by atoms with Gasteiger partial charge in [0.05, 0.1) is 31.0 Å². The number of fused-ring (bicyclic) bond motifs is 1. The van der Waals surface area contributed by atoms with E-state index >= 15 is 0 Å². The van der Waals surface area contributed by atoms with Gasteiger partial charge in [0.15, 0.2) is 11.6 Å². The van der Waals surface area contributed by atoms with Crippen molar-refractivity contribution in [1.82, 2.24) is 15.6 Å². The van der Waals surface area contributed by atoms with E-state index in [1.807, 2.05) is 12.1 Å². The number of amides is 3. The van der Waals surface area contributed by atoms with Gasteiger partial charge in [-0.15, -0.1) is 0 Å². The number of nitrogens with zero attached hydrogens (tertiary/aromatic N) is 3. The van der Waals surface area contributed by atoms with E-state index in [1.54, 1.807) is 17.2 Å². The van der Waals surface area contributed by atoms with Crippen molar-refractivity contribution in [2.75, 3.05) is 36.0 Å². The van der Waals surface area contributed by atoms with Gasteiger partial charge in [0.2, 0.25) is 11.8 Å². The molecule has 184 valence electrons. The summed E-state index contributed by atoms with van der Waals surface area (Å²) in [6.07, 6.45) is 0.327. The molecule has 3 unspecified atom stereocenters. The normalized spacial score (nSPS) is 24.7. The van der Waals surface area contributed by atoms with Crippen LogP contribution in [-0.2, 0) is 20.9 Å². The molecule has 3 heterocycles. The smallest absolute Gasteiger partial charge is 0.414 e. The number of nitrogens with one attached hydrogen (secondary N) is 2. The fourth-order valence-corrected chi connectivity index (χ4v) is 5.00. The number of piperidine rings is 1. The van der Waals surface area contributed by atoms with Crippen LogP contribution in [0.5, 0.6) is 0 Å². The van der Waals surface area contributed by atoms with Gasteiger partial charge in [-0.25, -0.2) is 13.6 Å². The van der Waals surface area contributed by atoms with Crippen LogP contribution in [0.1, 0.15) is 12.6 Å². The maximum atomic E-state index is 15.0. The van der Waals surface area contributed by atoms with Gasteiger partial charge in [-0.1, -0.05) is 6.07 Å². The molecular formula is C24H25F2N5O4. The lowest BCUT2D eigenvalue weighted by Crippen LogP contribution is -2.33. The maximum Gasteiger partial charge on any atom is 0.414 e. The molecule has 1 aromatic heterocycles. The number of carbonyl (C=O) groups is 3. The minimum atomic E-state index is -0.782. The van der Waals surface area contributed by atoms with Gasteiger partial charge in [0.25, 0.3) is 0 Å². The van der Waals surface area contributed by atoms with Crippen LogP contribution in [-0.4, -0.2) is 55.2 Å². The molecule has 3 atom stereocenters. The second-order valence-corrected chi connectivity index (χ2v) is 9.11. The molecule has 1 aliphatic carbocycles. The first kappa shape index (κ1) is 23.0. The number of benzene rings is 1. The molecule has 0 spiro atoms. The SMILES string of the molecule is CC(=O)NCC1CN(c2cc(F)c(N3CC4C(C3)C4C(=O)NCc3ccccn3)c(F)c2)C(=O)O1. The van der Waals surface area contributed by atoms with Crippen LogP contribution in [0.4, 0.5) is 25.0 Å². The van der Waals surface area contributed by atoms with E-state index in [9.17, 15) is 23.2 Å². The first-order chi connectivity index (χ1) is 16.8. The van der Waals surface area contributed by atoms with E-state index in [-0.39, 0.29) is 54.0 Å². The third-order valence-electron chi connectivity index (χ3n) is 6.75. The molecule has 3 aliphatic rings. The highest BCUT2D eigenvalue weighted by molar-refractivity contribution is 5.90. The zero-order valence-electron chi connectivity index (χ0n) is 19.0. The number of halogens is 2. The standard InChI is InChI=1S/C24H25F2N5O4/c1-13(32)28-9-16-10-31(24(34)35-16)15-6-19(25)22(20(26)7-15)30-11-17-18(12-30)21(17)23(33)29-8-14-4-2-3-5-27-14/h2-7,16-18,21H,8-12H2,1H3,(H,28,32)(H,29,33). The van der Waals surface area contributed by atoms with Crippen molar-refractivity contribution in [3.63, 3.8) is 0 Å². The van der Waals surface area contributed by atoms with Crippen LogP contribution in [0.25, 0.3) is 0 Å². The summed E-state index contributed by atoms with van der Waals surface area (Å²) in [5.41, 5.74) is 0.659. The van der Waals surface area contributed by atoms with Crippen molar-refractivity contribution in [2.24, 2.45) is 17.8 Å². The Hall–Kier alpha value is -3.76. The van der Waals surface area contributed by atoms with E-state index in [2.05, 4.69) is 15.6 Å². The zero-order valence-corrected chi connectivity index (χ0v) is 19.0. The molecule has 5 rings (SSSR count). The Bertz CT molecular complexity index is 1130. The molecule has 3 fully saturated rings. The monoisotopic (exact) mass is 485 g/mol. The lowest BCUT2D eigenvalue weighted by molar-refractivity contribution is -0.123. The summed E-state index contributed by atoms with van der Waals surface area (Å²) in [6.45, 7) is 2.63. The second-order valence-electron chi connectivity index (χ2n) is 9.11. The first-order valence-electron chi connectivity index (χ1n) is 11.5. The highest BCUT2D eigenvalue weighted by atomic mass is 19.1. The summed E-state index contributed by atoms with van der Waals surface area (Å²) < 4.78 is 35.2. The van der Waals surface area contributed by atoms with E-state index in [0.717, 1.165) is 22.7 Å². The summed E-state index contributed by atoms with van der Waals surface area (Å²) in [4.78, 5) is 42.7. The van der Waals surface area contributed by atoms with Gasteiger partial charge in [0.1, 0.15) is 11.8 Å². The minimum absolute atomic E-state index is 0.0419. The highest BCUT2D eigenvalue weighted by Crippen LogP contribution is 2.53. The van der Waals surface area contributed by atoms with Gasteiger partial charge < -0.3 is 20.3 Å². The molecule has 35 heavy (non-hydrogen) atoms. The number of aromatic nitrogens is 1. The van der Waals surface area contributed by atoms with Crippen molar-refractivity contribution in [2.45, 2.75) is 19.6 Å². The Labute approximate surface area is 200 Å². The van der Waals surface area contributed by atoms with Crippen molar-refractivity contribution in [1.29, 1.82) is 0 Å². The number of cyclic esters (lactones) is 1. The van der Waals surface area contributed by atoms with Crippen LogP contribution in [0.15, 0.2) is 36.5 Å². The molecular weight excluding hydrogens is 460 g/mol. The number of anilines is 2. The van der Waals surface area contributed by atoms with Gasteiger partial charge in [-0.05, 0) is 24.0 Å². The lowest BCUT2D eigenvalue weighted by atomic mass is 10.2. The number of ether oxygens (including phenoxy) is 1. The predicted octanol–water partition coefficient (Wildman–Crippen LogP) is 1.82.